The minimum atomic E-state index is -3.16. The average molecular weight is 276 g/mol. The molecular formula is C9H12N2O4S2. The second-order valence-electron chi connectivity index (χ2n) is 3.83. The summed E-state index contributed by atoms with van der Waals surface area (Å²) in [5.74, 6) is -0.848. The van der Waals surface area contributed by atoms with E-state index in [1.807, 2.05) is 0 Å². The van der Waals surface area contributed by atoms with Gasteiger partial charge < -0.3 is 5.11 Å². The van der Waals surface area contributed by atoms with Crippen molar-refractivity contribution in [3.05, 3.63) is 15.6 Å². The Morgan fingerprint density at radius 2 is 2.29 bits per heavy atom. The number of aromatic carboxylic acids is 1. The molecule has 2 heterocycles. The summed E-state index contributed by atoms with van der Waals surface area (Å²) >= 11 is 1.04. The quantitative estimate of drug-likeness (QED) is 0.877. The first kappa shape index (κ1) is 12.5. The predicted molar refractivity (Wildman–Crippen MR) is 62.6 cm³/mol. The van der Waals surface area contributed by atoms with Crippen LogP contribution in [0.25, 0.3) is 0 Å². The number of carboxylic acids is 1. The monoisotopic (exact) mass is 276 g/mol. The topological polar surface area (TPSA) is 87.6 Å². The number of rotatable bonds is 3. The minimum absolute atomic E-state index is 0.170. The first-order valence-electron chi connectivity index (χ1n) is 5.07. The van der Waals surface area contributed by atoms with Gasteiger partial charge >= 0.3 is 5.97 Å². The molecule has 1 aromatic heterocycles. The normalized spacial score (nSPS) is 19.6. The summed E-state index contributed by atoms with van der Waals surface area (Å²) in [5.41, 5.74) is 0.439. The molecule has 8 heteroatoms. The molecule has 17 heavy (non-hydrogen) atoms. The second kappa shape index (κ2) is 4.35. The van der Waals surface area contributed by atoms with E-state index in [1.54, 1.807) is 6.92 Å². The van der Waals surface area contributed by atoms with Crippen LogP contribution in [0.5, 0.6) is 0 Å². The fraction of sp³-hybridized carbons (Fsp3) is 0.556. The van der Waals surface area contributed by atoms with Gasteiger partial charge in [0.2, 0.25) is 10.0 Å². The standard InChI is InChI=1S/C9H12N2O4S2/c1-6-8(9(12)13)16-7(10-6)5-11-3-2-4-17(11,14)15/h2-5H2,1H3,(H,12,13). The highest BCUT2D eigenvalue weighted by atomic mass is 32.2. The van der Waals surface area contributed by atoms with Gasteiger partial charge in [-0.25, -0.2) is 18.2 Å². The molecule has 1 aromatic rings. The van der Waals surface area contributed by atoms with E-state index in [4.69, 9.17) is 5.11 Å². The van der Waals surface area contributed by atoms with Gasteiger partial charge in [-0.3, -0.25) is 0 Å². The number of sulfonamides is 1. The molecule has 0 spiro atoms. The molecule has 94 valence electrons. The second-order valence-corrected chi connectivity index (χ2v) is 7.00. The highest BCUT2D eigenvalue weighted by Crippen LogP contribution is 2.23. The van der Waals surface area contributed by atoms with Gasteiger partial charge in [-0.1, -0.05) is 0 Å². The Hall–Kier alpha value is -0.990. The molecule has 6 nitrogen and oxygen atoms in total. The molecule has 0 atom stereocenters. The van der Waals surface area contributed by atoms with Crippen molar-refractivity contribution in [2.24, 2.45) is 0 Å². The van der Waals surface area contributed by atoms with Crippen molar-refractivity contribution in [2.75, 3.05) is 12.3 Å². The summed E-state index contributed by atoms with van der Waals surface area (Å²) in [5, 5.41) is 9.41. The van der Waals surface area contributed by atoms with Gasteiger partial charge in [0.25, 0.3) is 0 Å². The number of carbonyl (C=O) groups is 1. The van der Waals surface area contributed by atoms with Crippen LogP contribution in [-0.2, 0) is 16.6 Å². The Morgan fingerprint density at radius 3 is 2.76 bits per heavy atom. The van der Waals surface area contributed by atoms with Crippen molar-refractivity contribution in [1.82, 2.24) is 9.29 Å². The summed E-state index contributed by atoms with van der Waals surface area (Å²) in [4.78, 5) is 15.1. The minimum Gasteiger partial charge on any atom is -0.477 e. The lowest BCUT2D eigenvalue weighted by Gasteiger charge is -2.11. The van der Waals surface area contributed by atoms with E-state index < -0.39 is 16.0 Å². The molecule has 0 aliphatic carbocycles. The van der Waals surface area contributed by atoms with Crippen LogP contribution in [-0.4, -0.2) is 41.1 Å². The van der Waals surface area contributed by atoms with Crippen molar-refractivity contribution in [3.63, 3.8) is 0 Å². The van der Waals surface area contributed by atoms with E-state index >= 15 is 0 Å². The van der Waals surface area contributed by atoms with Gasteiger partial charge in [-0.15, -0.1) is 11.3 Å². The van der Waals surface area contributed by atoms with Crippen molar-refractivity contribution in [2.45, 2.75) is 19.9 Å². The van der Waals surface area contributed by atoms with Crippen molar-refractivity contribution < 1.29 is 18.3 Å². The third-order valence-corrected chi connectivity index (χ3v) is 5.58. The van der Waals surface area contributed by atoms with E-state index in [-0.39, 0.29) is 17.2 Å². The largest absolute Gasteiger partial charge is 0.477 e. The predicted octanol–water partition coefficient (Wildman–Crippen LogP) is 0.685. The van der Waals surface area contributed by atoms with E-state index in [1.165, 1.54) is 4.31 Å². The molecule has 0 bridgehead atoms. The van der Waals surface area contributed by atoms with E-state index in [0.29, 0.717) is 23.7 Å². The zero-order valence-corrected chi connectivity index (χ0v) is 10.8. The number of hydrogen-bond acceptors (Lipinski definition) is 5. The summed E-state index contributed by atoms with van der Waals surface area (Å²) in [7, 11) is -3.16. The van der Waals surface area contributed by atoms with Gasteiger partial charge in [0.05, 0.1) is 18.0 Å². The summed E-state index contributed by atoms with van der Waals surface area (Å²) in [6.07, 6.45) is 0.623. The van der Waals surface area contributed by atoms with Gasteiger partial charge in [-0.2, -0.15) is 4.31 Å². The maximum Gasteiger partial charge on any atom is 0.347 e. The SMILES string of the molecule is Cc1nc(CN2CCCS2(=O)=O)sc1C(=O)O. The van der Waals surface area contributed by atoms with Crippen LogP contribution < -0.4 is 0 Å². The van der Waals surface area contributed by atoms with Crippen molar-refractivity contribution in [3.8, 4) is 0 Å². The number of aryl methyl sites for hydroxylation is 1. The molecule has 0 saturated carbocycles. The Morgan fingerprint density at radius 1 is 1.59 bits per heavy atom. The Bertz CT molecular complexity index is 549. The van der Waals surface area contributed by atoms with Gasteiger partial charge in [-0.05, 0) is 13.3 Å². The van der Waals surface area contributed by atoms with Crippen LogP contribution >= 0.6 is 11.3 Å². The highest BCUT2D eigenvalue weighted by molar-refractivity contribution is 7.89. The fourth-order valence-corrected chi connectivity index (χ4v) is 4.22. The molecule has 0 unspecified atom stereocenters. The number of aromatic nitrogens is 1. The molecule has 0 amide bonds. The smallest absolute Gasteiger partial charge is 0.347 e. The van der Waals surface area contributed by atoms with Crippen LogP contribution in [0.15, 0.2) is 0 Å². The molecule has 1 aliphatic rings. The van der Waals surface area contributed by atoms with E-state index in [2.05, 4.69) is 4.98 Å². The lowest BCUT2D eigenvalue weighted by molar-refractivity contribution is 0.0701. The number of carboxylic acid groups (broad SMARTS) is 1. The van der Waals surface area contributed by atoms with Crippen LogP contribution in [0.1, 0.15) is 26.8 Å². The zero-order chi connectivity index (χ0) is 12.6. The first-order valence-corrected chi connectivity index (χ1v) is 7.50. The highest BCUT2D eigenvalue weighted by Gasteiger charge is 2.29. The van der Waals surface area contributed by atoms with Crippen LogP contribution in [0.4, 0.5) is 0 Å². The van der Waals surface area contributed by atoms with Crippen LogP contribution in [0.2, 0.25) is 0 Å². The molecule has 2 rings (SSSR count). The molecule has 1 N–H and O–H groups in total. The van der Waals surface area contributed by atoms with E-state index in [0.717, 1.165) is 11.3 Å². The summed E-state index contributed by atoms with van der Waals surface area (Å²) < 4.78 is 24.5. The fourth-order valence-electron chi connectivity index (χ4n) is 1.74. The van der Waals surface area contributed by atoms with Gasteiger partial charge in [0.15, 0.2) is 0 Å². The van der Waals surface area contributed by atoms with Crippen LogP contribution in [0.3, 0.4) is 0 Å². The molecular weight excluding hydrogens is 264 g/mol. The molecule has 1 saturated heterocycles. The Labute approximate surface area is 103 Å². The van der Waals surface area contributed by atoms with Crippen molar-refractivity contribution in [1.29, 1.82) is 0 Å². The molecule has 1 aliphatic heterocycles. The number of thiazole rings is 1. The lowest BCUT2D eigenvalue weighted by Crippen LogP contribution is -2.25. The van der Waals surface area contributed by atoms with Gasteiger partial charge in [0, 0.05) is 6.54 Å². The Balaban J connectivity index is 2.20. The maximum absolute atomic E-state index is 11.6. The summed E-state index contributed by atoms with van der Waals surface area (Å²) in [6, 6.07) is 0. The number of hydrogen-bond donors (Lipinski definition) is 1. The third-order valence-electron chi connectivity index (χ3n) is 2.55. The molecule has 1 fully saturated rings. The molecule has 0 radical (unpaired) electrons. The van der Waals surface area contributed by atoms with E-state index in [9.17, 15) is 13.2 Å². The zero-order valence-electron chi connectivity index (χ0n) is 9.21. The third kappa shape index (κ3) is 2.48. The van der Waals surface area contributed by atoms with Gasteiger partial charge in [0.1, 0.15) is 9.88 Å². The Kier molecular flexibility index (Phi) is 3.19. The molecule has 0 aromatic carbocycles. The average Bonchev–Trinajstić information content (AvgIpc) is 2.72. The lowest BCUT2D eigenvalue weighted by atomic mass is 10.4. The first-order chi connectivity index (χ1) is 7.90. The van der Waals surface area contributed by atoms with Crippen LogP contribution in [0, 0.1) is 6.92 Å². The van der Waals surface area contributed by atoms with Crippen molar-refractivity contribution >= 4 is 27.3 Å². The number of nitrogens with zero attached hydrogens (tertiary/aromatic N) is 2. The maximum atomic E-state index is 11.6. The summed E-state index contributed by atoms with van der Waals surface area (Å²) in [6.45, 7) is 2.28.